The van der Waals surface area contributed by atoms with Gasteiger partial charge >= 0.3 is 0 Å². The van der Waals surface area contributed by atoms with Gasteiger partial charge in [-0.2, -0.15) is 0 Å². The number of rotatable bonds is 5. The van der Waals surface area contributed by atoms with Crippen molar-refractivity contribution in [2.75, 3.05) is 7.11 Å². The van der Waals surface area contributed by atoms with E-state index in [9.17, 15) is 19.8 Å². The van der Waals surface area contributed by atoms with Gasteiger partial charge in [-0.05, 0) is 66.1 Å². The number of carbonyl (C=O) groups excluding carboxylic acids is 2. The number of aromatic hydroxyl groups is 1. The van der Waals surface area contributed by atoms with E-state index in [1.54, 1.807) is 68.9 Å². The number of phenols is 1. The summed E-state index contributed by atoms with van der Waals surface area (Å²) in [6.07, 6.45) is 3.23. The summed E-state index contributed by atoms with van der Waals surface area (Å²) in [5, 5.41) is 20.9. The van der Waals surface area contributed by atoms with Crippen molar-refractivity contribution in [1.82, 2.24) is 9.88 Å². The number of ketones is 1. The molecule has 162 valence electrons. The molecule has 2 aromatic carbocycles. The van der Waals surface area contributed by atoms with Crippen LogP contribution in [-0.4, -0.2) is 38.9 Å². The van der Waals surface area contributed by atoms with Crippen LogP contribution >= 0.6 is 0 Å². The van der Waals surface area contributed by atoms with Crippen LogP contribution in [0.3, 0.4) is 0 Å². The molecule has 1 unspecified atom stereocenters. The molecule has 2 heterocycles. The number of Topliss-reactive ketones (excluding diaryl/α,β-unsaturated/α-hetero) is 1. The molecule has 1 atom stereocenters. The fraction of sp³-hybridized carbons (Fsp3) is 0.160. The minimum Gasteiger partial charge on any atom is -0.508 e. The lowest BCUT2D eigenvalue weighted by Crippen LogP contribution is -2.29. The number of nitrogens with zero attached hydrogens (tertiary/aromatic N) is 2. The Labute approximate surface area is 185 Å². The van der Waals surface area contributed by atoms with Gasteiger partial charge in [-0.15, -0.1) is 0 Å². The molecule has 1 aliphatic heterocycles. The molecule has 1 fully saturated rings. The van der Waals surface area contributed by atoms with Crippen molar-refractivity contribution < 1.29 is 24.5 Å². The van der Waals surface area contributed by atoms with Crippen LogP contribution in [0.1, 0.15) is 28.3 Å². The van der Waals surface area contributed by atoms with Crippen LogP contribution in [0, 0.1) is 6.92 Å². The van der Waals surface area contributed by atoms with E-state index in [2.05, 4.69) is 4.98 Å². The molecular formula is C25H22N2O5. The molecule has 0 bridgehead atoms. The van der Waals surface area contributed by atoms with Gasteiger partial charge in [-0.25, -0.2) is 0 Å². The molecule has 2 N–H and O–H groups in total. The third-order valence-electron chi connectivity index (χ3n) is 5.54. The minimum atomic E-state index is -0.815. The van der Waals surface area contributed by atoms with Gasteiger partial charge < -0.3 is 19.8 Å². The number of benzene rings is 2. The van der Waals surface area contributed by atoms with Gasteiger partial charge in [0.15, 0.2) is 0 Å². The Morgan fingerprint density at radius 1 is 1.06 bits per heavy atom. The van der Waals surface area contributed by atoms with Crippen LogP contribution in [0.4, 0.5) is 0 Å². The minimum absolute atomic E-state index is 0.00279. The van der Waals surface area contributed by atoms with Crippen LogP contribution in [0.2, 0.25) is 0 Å². The smallest absolute Gasteiger partial charge is 0.295 e. The van der Waals surface area contributed by atoms with Crippen molar-refractivity contribution in [3.8, 4) is 11.5 Å². The predicted molar refractivity (Wildman–Crippen MR) is 118 cm³/mol. The first-order valence-electron chi connectivity index (χ1n) is 10.0. The molecule has 1 saturated heterocycles. The maximum Gasteiger partial charge on any atom is 0.295 e. The topological polar surface area (TPSA) is 100.0 Å². The van der Waals surface area contributed by atoms with Gasteiger partial charge in [0.1, 0.15) is 17.3 Å². The molecule has 1 aliphatic rings. The average molecular weight is 430 g/mol. The number of carbonyl (C=O) groups is 2. The first-order valence-corrected chi connectivity index (χ1v) is 10.0. The SMILES string of the molecule is COc1ccc(/C(O)=C2/C(=O)C(=O)N(Cc3ccncc3)C2c2ccc(O)cc2)c(C)c1. The fourth-order valence-corrected chi connectivity index (χ4v) is 3.91. The van der Waals surface area contributed by atoms with Crippen LogP contribution in [-0.2, 0) is 16.1 Å². The summed E-state index contributed by atoms with van der Waals surface area (Å²) in [4.78, 5) is 31.6. The molecule has 1 amide bonds. The molecule has 7 nitrogen and oxygen atoms in total. The van der Waals surface area contributed by atoms with Crippen molar-refractivity contribution in [2.45, 2.75) is 19.5 Å². The van der Waals surface area contributed by atoms with E-state index in [-0.39, 0.29) is 23.6 Å². The van der Waals surface area contributed by atoms with Crippen molar-refractivity contribution in [3.05, 3.63) is 94.8 Å². The maximum atomic E-state index is 13.1. The molecule has 4 rings (SSSR count). The van der Waals surface area contributed by atoms with Crippen molar-refractivity contribution in [1.29, 1.82) is 0 Å². The standard InChI is InChI=1S/C25H22N2O5/c1-15-13-19(32-2)7-8-20(15)23(29)21-22(17-3-5-18(28)6-4-17)27(25(31)24(21)30)14-16-9-11-26-12-10-16/h3-13,22,28-29H,14H2,1-2H3/b23-21-. The zero-order valence-electron chi connectivity index (χ0n) is 17.6. The molecule has 32 heavy (non-hydrogen) atoms. The number of amides is 1. The number of hydrogen-bond acceptors (Lipinski definition) is 6. The Balaban J connectivity index is 1.87. The second-order valence-corrected chi connectivity index (χ2v) is 7.55. The van der Waals surface area contributed by atoms with E-state index in [0.717, 1.165) is 5.56 Å². The molecule has 0 saturated carbocycles. The van der Waals surface area contributed by atoms with Gasteiger partial charge in [0, 0.05) is 24.5 Å². The summed E-state index contributed by atoms with van der Waals surface area (Å²) in [5.41, 5.74) is 2.54. The summed E-state index contributed by atoms with van der Waals surface area (Å²) in [6.45, 7) is 1.96. The normalized spacial score (nSPS) is 17.6. The molecular weight excluding hydrogens is 408 g/mol. The Morgan fingerprint density at radius 2 is 1.75 bits per heavy atom. The molecule has 7 heteroatoms. The molecule has 0 aliphatic carbocycles. The zero-order valence-corrected chi connectivity index (χ0v) is 17.6. The number of aliphatic hydroxyl groups is 1. The highest BCUT2D eigenvalue weighted by Crippen LogP contribution is 2.41. The van der Waals surface area contributed by atoms with E-state index in [0.29, 0.717) is 22.4 Å². The van der Waals surface area contributed by atoms with Crippen molar-refractivity contribution >= 4 is 17.4 Å². The van der Waals surface area contributed by atoms with Crippen LogP contribution < -0.4 is 4.74 Å². The third kappa shape index (κ3) is 3.80. The highest BCUT2D eigenvalue weighted by Gasteiger charge is 2.46. The molecule has 0 spiro atoms. The van der Waals surface area contributed by atoms with Gasteiger partial charge in [0.05, 0.1) is 18.7 Å². The van der Waals surface area contributed by atoms with Gasteiger partial charge in [0.25, 0.3) is 11.7 Å². The van der Waals surface area contributed by atoms with Crippen molar-refractivity contribution in [2.24, 2.45) is 0 Å². The van der Waals surface area contributed by atoms with E-state index >= 15 is 0 Å². The number of hydrogen-bond donors (Lipinski definition) is 2. The highest BCUT2D eigenvalue weighted by atomic mass is 16.5. The molecule has 1 aromatic heterocycles. The van der Waals surface area contributed by atoms with Crippen molar-refractivity contribution in [3.63, 3.8) is 0 Å². The van der Waals surface area contributed by atoms with E-state index in [1.165, 1.54) is 17.0 Å². The quantitative estimate of drug-likeness (QED) is 0.364. The fourth-order valence-electron chi connectivity index (χ4n) is 3.91. The maximum absolute atomic E-state index is 13.1. The summed E-state index contributed by atoms with van der Waals surface area (Å²) in [5.74, 6) is -1.03. The van der Waals surface area contributed by atoms with E-state index < -0.39 is 17.7 Å². The van der Waals surface area contributed by atoms with Crippen LogP contribution in [0.5, 0.6) is 11.5 Å². The van der Waals surface area contributed by atoms with Gasteiger partial charge in [-0.3, -0.25) is 14.6 Å². The Morgan fingerprint density at radius 3 is 2.38 bits per heavy atom. The molecule has 0 radical (unpaired) electrons. The summed E-state index contributed by atoms with van der Waals surface area (Å²) in [6, 6.07) is 14.1. The number of phenolic OH excluding ortho intramolecular Hbond substituents is 1. The van der Waals surface area contributed by atoms with Crippen LogP contribution in [0.15, 0.2) is 72.6 Å². The number of ether oxygens (including phenoxy) is 1. The number of likely N-dealkylation sites (tertiary alicyclic amines) is 1. The monoisotopic (exact) mass is 430 g/mol. The van der Waals surface area contributed by atoms with Crippen LogP contribution in [0.25, 0.3) is 5.76 Å². The largest absolute Gasteiger partial charge is 0.508 e. The number of aryl methyl sites for hydroxylation is 1. The van der Waals surface area contributed by atoms with Gasteiger partial charge in [-0.1, -0.05) is 12.1 Å². The summed E-state index contributed by atoms with van der Waals surface area (Å²) in [7, 11) is 1.55. The second kappa shape index (κ2) is 8.55. The summed E-state index contributed by atoms with van der Waals surface area (Å²) < 4.78 is 5.22. The predicted octanol–water partition coefficient (Wildman–Crippen LogP) is 3.73. The Bertz CT molecular complexity index is 1200. The van der Waals surface area contributed by atoms with E-state index in [1.807, 2.05) is 0 Å². The van der Waals surface area contributed by atoms with Gasteiger partial charge in [0.2, 0.25) is 0 Å². The molecule has 3 aromatic rings. The summed E-state index contributed by atoms with van der Waals surface area (Å²) >= 11 is 0. The lowest BCUT2D eigenvalue weighted by molar-refractivity contribution is -0.140. The number of aromatic nitrogens is 1. The first-order chi connectivity index (χ1) is 15.4. The zero-order chi connectivity index (χ0) is 22.8. The second-order valence-electron chi connectivity index (χ2n) is 7.55. The first kappa shape index (κ1) is 21.1. The Kier molecular flexibility index (Phi) is 5.64. The number of aliphatic hydroxyl groups excluding tert-OH is 1. The Hall–Kier alpha value is -4.13. The number of pyridine rings is 1. The lowest BCUT2D eigenvalue weighted by Gasteiger charge is -2.25. The third-order valence-corrected chi connectivity index (χ3v) is 5.54. The average Bonchev–Trinajstić information content (AvgIpc) is 3.04. The lowest BCUT2D eigenvalue weighted by atomic mass is 9.93. The van der Waals surface area contributed by atoms with E-state index in [4.69, 9.17) is 4.74 Å². The number of methoxy groups -OCH3 is 1. The highest BCUT2D eigenvalue weighted by molar-refractivity contribution is 6.46.